The smallest absolute Gasteiger partial charge is 0.341 e. The van der Waals surface area contributed by atoms with Crippen LogP contribution in [0.2, 0.25) is 0 Å². The summed E-state index contributed by atoms with van der Waals surface area (Å²) in [6.07, 6.45) is 2.84. The van der Waals surface area contributed by atoms with E-state index in [1.807, 2.05) is 0 Å². The molecule has 0 spiro atoms. The fourth-order valence-electron chi connectivity index (χ4n) is 2.30. The van der Waals surface area contributed by atoms with E-state index in [0.717, 1.165) is 25.8 Å². The van der Waals surface area contributed by atoms with E-state index in [9.17, 15) is 9.59 Å². The molecule has 1 aliphatic heterocycles. The monoisotopic (exact) mass is 280 g/mol. The van der Waals surface area contributed by atoms with E-state index < -0.39 is 5.97 Å². The van der Waals surface area contributed by atoms with Crippen molar-refractivity contribution in [3.05, 3.63) is 23.2 Å². The second kappa shape index (κ2) is 6.56. The van der Waals surface area contributed by atoms with Crippen LogP contribution in [0.15, 0.2) is 10.5 Å². The minimum Gasteiger partial charge on any atom is -0.465 e. The van der Waals surface area contributed by atoms with Crippen molar-refractivity contribution in [2.75, 3.05) is 13.7 Å². The van der Waals surface area contributed by atoms with Gasteiger partial charge in [-0.3, -0.25) is 10.1 Å². The molecule has 1 amide bonds. The predicted octanol–water partition coefficient (Wildman–Crippen LogP) is 1.13. The number of amides is 1. The summed E-state index contributed by atoms with van der Waals surface area (Å²) in [6, 6.07) is 1.45. The van der Waals surface area contributed by atoms with E-state index in [-0.39, 0.29) is 11.9 Å². The van der Waals surface area contributed by atoms with Gasteiger partial charge in [0.2, 0.25) is 5.91 Å². The summed E-state index contributed by atoms with van der Waals surface area (Å²) in [5.41, 5.74) is 0.426. The zero-order valence-electron chi connectivity index (χ0n) is 11.8. The van der Waals surface area contributed by atoms with E-state index in [1.165, 1.54) is 7.11 Å². The lowest BCUT2D eigenvalue weighted by atomic mass is 10.1. The molecule has 2 N–H and O–H groups in total. The average molecular weight is 280 g/mol. The van der Waals surface area contributed by atoms with E-state index >= 15 is 0 Å². The molecule has 110 valence electrons. The molecule has 6 nitrogen and oxygen atoms in total. The standard InChI is InChI=1S/C14H20N2O4/c1-9-11(14(18)19-2)7-10(20-9)8-16-12-5-3-4-6-15-13(12)17/h7,12,16H,3-6,8H2,1-2H3,(H,15,17). The van der Waals surface area contributed by atoms with Crippen LogP contribution in [-0.4, -0.2) is 31.6 Å². The molecule has 0 saturated carbocycles. The number of ether oxygens (including phenoxy) is 1. The SMILES string of the molecule is COC(=O)c1cc(CNC2CCCCNC2=O)oc1C. The summed E-state index contributed by atoms with van der Waals surface area (Å²) in [5, 5.41) is 6.04. The van der Waals surface area contributed by atoms with Gasteiger partial charge in [0, 0.05) is 6.54 Å². The molecule has 1 aromatic rings. The first-order chi connectivity index (χ1) is 9.61. The Morgan fingerprint density at radius 1 is 1.55 bits per heavy atom. The largest absolute Gasteiger partial charge is 0.465 e. The second-order valence-corrected chi connectivity index (χ2v) is 4.89. The first-order valence-corrected chi connectivity index (χ1v) is 6.80. The van der Waals surface area contributed by atoms with Crippen LogP contribution in [0.4, 0.5) is 0 Å². The molecule has 1 unspecified atom stereocenters. The van der Waals surface area contributed by atoms with Crippen LogP contribution in [0.3, 0.4) is 0 Å². The number of nitrogens with one attached hydrogen (secondary N) is 2. The van der Waals surface area contributed by atoms with Crippen LogP contribution in [0.25, 0.3) is 0 Å². The highest BCUT2D eigenvalue weighted by atomic mass is 16.5. The number of carbonyl (C=O) groups is 2. The normalized spacial score (nSPS) is 19.3. The molecule has 0 aliphatic carbocycles. The zero-order valence-corrected chi connectivity index (χ0v) is 11.8. The van der Waals surface area contributed by atoms with Gasteiger partial charge in [0.05, 0.1) is 19.7 Å². The number of rotatable bonds is 4. The van der Waals surface area contributed by atoms with Gasteiger partial charge in [0.25, 0.3) is 0 Å². The van der Waals surface area contributed by atoms with Crippen LogP contribution in [0.5, 0.6) is 0 Å². The zero-order chi connectivity index (χ0) is 14.5. The number of hydrogen-bond donors (Lipinski definition) is 2. The fraction of sp³-hybridized carbons (Fsp3) is 0.571. The highest BCUT2D eigenvalue weighted by Crippen LogP contribution is 2.16. The molecule has 1 saturated heterocycles. The van der Waals surface area contributed by atoms with Gasteiger partial charge in [-0.05, 0) is 32.3 Å². The Hall–Kier alpha value is -1.82. The maximum absolute atomic E-state index is 11.8. The van der Waals surface area contributed by atoms with Crippen molar-refractivity contribution < 1.29 is 18.7 Å². The lowest BCUT2D eigenvalue weighted by Gasteiger charge is -2.13. The lowest BCUT2D eigenvalue weighted by Crippen LogP contribution is -2.42. The molecule has 0 aromatic carbocycles. The molecule has 1 aromatic heterocycles. The number of carbonyl (C=O) groups excluding carboxylic acids is 2. The molecule has 20 heavy (non-hydrogen) atoms. The minimum atomic E-state index is -0.412. The Balaban J connectivity index is 1.96. The summed E-state index contributed by atoms with van der Waals surface area (Å²) in [4.78, 5) is 23.3. The van der Waals surface area contributed by atoms with Gasteiger partial charge in [-0.15, -0.1) is 0 Å². The van der Waals surface area contributed by atoms with E-state index in [0.29, 0.717) is 23.6 Å². The molecule has 1 aliphatic rings. The van der Waals surface area contributed by atoms with E-state index in [2.05, 4.69) is 15.4 Å². The molecule has 0 radical (unpaired) electrons. The maximum atomic E-state index is 11.8. The quantitative estimate of drug-likeness (QED) is 0.808. The molecule has 1 atom stereocenters. The Kier molecular flexibility index (Phi) is 4.79. The summed E-state index contributed by atoms with van der Waals surface area (Å²) in [6.45, 7) is 2.87. The molecule has 0 bridgehead atoms. The van der Waals surface area contributed by atoms with Crippen LogP contribution in [0, 0.1) is 6.92 Å². The Bertz CT molecular complexity index is 495. The first-order valence-electron chi connectivity index (χ1n) is 6.80. The minimum absolute atomic E-state index is 0.0268. The van der Waals surface area contributed by atoms with Crippen LogP contribution < -0.4 is 10.6 Å². The number of esters is 1. The summed E-state index contributed by atoms with van der Waals surface area (Å²) < 4.78 is 10.2. The summed E-state index contributed by atoms with van der Waals surface area (Å²) in [7, 11) is 1.34. The van der Waals surface area contributed by atoms with E-state index in [4.69, 9.17) is 4.42 Å². The second-order valence-electron chi connectivity index (χ2n) is 4.89. The molecule has 2 heterocycles. The van der Waals surface area contributed by atoms with Gasteiger partial charge in [-0.1, -0.05) is 0 Å². The average Bonchev–Trinajstić information content (AvgIpc) is 2.68. The van der Waals surface area contributed by atoms with Crippen molar-refractivity contribution in [3.63, 3.8) is 0 Å². The highest BCUT2D eigenvalue weighted by molar-refractivity contribution is 5.90. The number of methoxy groups -OCH3 is 1. The maximum Gasteiger partial charge on any atom is 0.341 e. The summed E-state index contributed by atoms with van der Waals surface area (Å²) in [5.74, 6) is 0.766. The van der Waals surface area contributed by atoms with Crippen molar-refractivity contribution in [1.82, 2.24) is 10.6 Å². The van der Waals surface area contributed by atoms with Crippen LogP contribution in [0.1, 0.15) is 41.1 Å². The number of hydrogen-bond acceptors (Lipinski definition) is 5. The van der Waals surface area contributed by atoms with Gasteiger partial charge in [0.1, 0.15) is 17.1 Å². The van der Waals surface area contributed by atoms with Crippen molar-refractivity contribution in [3.8, 4) is 0 Å². The molecule has 2 rings (SSSR count). The van der Waals surface area contributed by atoms with Crippen molar-refractivity contribution in [1.29, 1.82) is 0 Å². The topological polar surface area (TPSA) is 80.6 Å². The first kappa shape index (κ1) is 14.6. The molecular formula is C14H20N2O4. The Labute approximate surface area is 117 Å². The third-order valence-electron chi connectivity index (χ3n) is 3.43. The fourth-order valence-corrected chi connectivity index (χ4v) is 2.30. The third-order valence-corrected chi connectivity index (χ3v) is 3.43. The summed E-state index contributed by atoms with van der Waals surface area (Å²) >= 11 is 0. The molecular weight excluding hydrogens is 260 g/mol. The number of aryl methyl sites for hydroxylation is 1. The predicted molar refractivity (Wildman–Crippen MR) is 72.3 cm³/mol. The van der Waals surface area contributed by atoms with Gasteiger partial charge < -0.3 is 14.5 Å². The van der Waals surface area contributed by atoms with Crippen molar-refractivity contribution in [2.45, 2.75) is 38.8 Å². The van der Waals surface area contributed by atoms with Gasteiger partial charge >= 0.3 is 5.97 Å². The Morgan fingerprint density at radius 3 is 3.10 bits per heavy atom. The van der Waals surface area contributed by atoms with Crippen LogP contribution in [-0.2, 0) is 16.1 Å². The number of furan rings is 1. The van der Waals surface area contributed by atoms with Gasteiger partial charge in [-0.2, -0.15) is 0 Å². The van der Waals surface area contributed by atoms with Gasteiger partial charge in [-0.25, -0.2) is 4.79 Å². The Morgan fingerprint density at radius 2 is 2.35 bits per heavy atom. The van der Waals surface area contributed by atoms with E-state index in [1.54, 1.807) is 13.0 Å². The highest BCUT2D eigenvalue weighted by Gasteiger charge is 2.21. The van der Waals surface area contributed by atoms with Crippen molar-refractivity contribution in [2.24, 2.45) is 0 Å². The molecule has 6 heteroatoms. The lowest BCUT2D eigenvalue weighted by molar-refractivity contribution is -0.122. The third kappa shape index (κ3) is 3.39. The van der Waals surface area contributed by atoms with Gasteiger partial charge in [0.15, 0.2) is 0 Å². The van der Waals surface area contributed by atoms with Crippen LogP contribution >= 0.6 is 0 Å². The molecule has 1 fully saturated rings. The van der Waals surface area contributed by atoms with Crippen molar-refractivity contribution >= 4 is 11.9 Å².